The Kier molecular flexibility index (Phi) is 7.09. The molecular formula is C20H29NO6S. The number of amides is 1. The van der Waals surface area contributed by atoms with Gasteiger partial charge in [-0.3, -0.25) is 4.79 Å². The maximum Gasteiger partial charge on any atom is 0.344 e. The van der Waals surface area contributed by atoms with E-state index in [4.69, 9.17) is 9.47 Å². The van der Waals surface area contributed by atoms with Gasteiger partial charge in [-0.15, -0.1) is 0 Å². The molecule has 1 heterocycles. The molecule has 28 heavy (non-hydrogen) atoms. The quantitative estimate of drug-likeness (QED) is 0.638. The first-order valence-corrected chi connectivity index (χ1v) is 11.2. The maximum absolute atomic E-state index is 12.4. The number of sulfone groups is 1. The van der Waals surface area contributed by atoms with Crippen molar-refractivity contribution in [1.82, 2.24) is 4.90 Å². The molecule has 1 aromatic carbocycles. The minimum atomic E-state index is -3.10. The molecule has 1 amide bonds. The summed E-state index contributed by atoms with van der Waals surface area (Å²) in [6.07, 6.45) is -0.602. The molecule has 0 bridgehead atoms. The van der Waals surface area contributed by atoms with Gasteiger partial charge in [0.25, 0.3) is 5.91 Å². The van der Waals surface area contributed by atoms with E-state index in [1.807, 2.05) is 19.1 Å². The zero-order valence-corrected chi connectivity index (χ0v) is 17.9. The highest BCUT2D eigenvalue weighted by Crippen LogP contribution is 2.23. The van der Waals surface area contributed by atoms with E-state index in [0.717, 1.165) is 5.56 Å². The molecule has 0 spiro atoms. The first kappa shape index (κ1) is 22.2. The zero-order valence-electron chi connectivity index (χ0n) is 17.1. The van der Waals surface area contributed by atoms with Crippen LogP contribution in [0, 0.1) is 6.92 Å². The first-order valence-electron chi connectivity index (χ1n) is 9.40. The molecule has 156 valence electrons. The molecule has 2 rings (SSSR count). The van der Waals surface area contributed by atoms with E-state index < -0.39 is 27.8 Å². The second-order valence-corrected chi connectivity index (χ2v) is 9.83. The first-order chi connectivity index (χ1) is 13.0. The molecule has 0 aliphatic carbocycles. The minimum Gasteiger partial charge on any atom is -0.482 e. The topological polar surface area (TPSA) is 90.0 Å². The van der Waals surface area contributed by atoms with Gasteiger partial charge in [0, 0.05) is 13.1 Å². The summed E-state index contributed by atoms with van der Waals surface area (Å²) in [7, 11) is -1.56. The van der Waals surface area contributed by atoms with Crippen LogP contribution >= 0.6 is 0 Å². The third kappa shape index (κ3) is 5.70. The van der Waals surface area contributed by atoms with Crippen LogP contribution in [0.1, 0.15) is 44.2 Å². The van der Waals surface area contributed by atoms with Gasteiger partial charge in [-0.2, -0.15) is 0 Å². The van der Waals surface area contributed by atoms with Crippen LogP contribution < -0.4 is 4.74 Å². The van der Waals surface area contributed by atoms with Crippen LogP contribution in [-0.2, 0) is 24.2 Å². The average Bonchev–Trinajstić information content (AvgIpc) is 2.98. The number of esters is 1. The Morgan fingerprint density at radius 2 is 1.93 bits per heavy atom. The molecule has 1 aromatic rings. The Bertz CT molecular complexity index is 833. The van der Waals surface area contributed by atoms with Gasteiger partial charge in [0.15, 0.2) is 22.5 Å². The summed E-state index contributed by atoms with van der Waals surface area (Å²) in [5.41, 5.74) is 2.30. The van der Waals surface area contributed by atoms with Gasteiger partial charge in [-0.1, -0.05) is 19.9 Å². The fourth-order valence-electron chi connectivity index (χ4n) is 3.36. The van der Waals surface area contributed by atoms with E-state index in [-0.39, 0.29) is 24.2 Å². The van der Waals surface area contributed by atoms with E-state index in [1.54, 1.807) is 6.07 Å². The summed E-state index contributed by atoms with van der Waals surface area (Å²) in [5.74, 6) is -0.0906. The SMILES string of the molecule is Cc1cc(OCC(=O)OC(C)C(=O)N(C)C2CCS(=O)(=O)C2)ccc1C(C)C. The van der Waals surface area contributed by atoms with Crippen LogP contribution in [0.2, 0.25) is 0 Å². The van der Waals surface area contributed by atoms with E-state index in [0.29, 0.717) is 18.1 Å². The van der Waals surface area contributed by atoms with Gasteiger partial charge in [0.05, 0.1) is 11.5 Å². The monoisotopic (exact) mass is 411 g/mol. The number of carbonyl (C=O) groups excluding carboxylic acids is 2. The molecular weight excluding hydrogens is 382 g/mol. The molecule has 0 saturated carbocycles. The Balaban J connectivity index is 1.85. The van der Waals surface area contributed by atoms with Crippen molar-refractivity contribution in [2.45, 2.75) is 52.2 Å². The number of likely N-dealkylation sites (N-methyl/N-ethyl adjacent to an activating group) is 1. The standard InChI is InChI=1S/C20H29NO6S/c1-13(2)18-7-6-17(10-14(18)3)26-11-19(22)27-15(4)20(23)21(5)16-8-9-28(24,25)12-16/h6-7,10,13,15-16H,8-9,11-12H2,1-5H3. The normalized spacial score (nSPS) is 19.3. The molecule has 0 aromatic heterocycles. The number of hydrogen-bond acceptors (Lipinski definition) is 6. The number of hydrogen-bond donors (Lipinski definition) is 0. The number of rotatable bonds is 7. The second kappa shape index (κ2) is 8.94. The number of carbonyl (C=O) groups is 2. The van der Waals surface area contributed by atoms with Gasteiger partial charge >= 0.3 is 5.97 Å². The van der Waals surface area contributed by atoms with Crippen LogP contribution in [0.15, 0.2) is 18.2 Å². The van der Waals surface area contributed by atoms with Crippen molar-refractivity contribution in [2.24, 2.45) is 0 Å². The molecule has 1 aliphatic rings. The molecule has 1 aliphatic heterocycles. The number of benzene rings is 1. The molecule has 1 fully saturated rings. The molecule has 0 N–H and O–H groups in total. The van der Waals surface area contributed by atoms with E-state index in [2.05, 4.69) is 13.8 Å². The average molecular weight is 412 g/mol. The molecule has 0 radical (unpaired) electrons. The van der Waals surface area contributed by atoms with Gasteiger partial charge < -0.3 is 14.4 Å². The van der Waals surface area contributed by atoms with Crippen LogP contribution in [0.3, 0.4) is 0 Å². The van der Waals surface area contributed by atoms with Crippen molar-refractivity contribution in [3.8, 4) is 5.75 Å². The largest absolute Gasteiger partial charge is 0.482 e. The van der Waals surface area contributed by atoms with Gasteiger partial charge in [-0.05, 0) is 49.4 Å². The van der Waals surface area contributed by atoms with E-state index in [9.17, 15) is 18.0 Å². The van der Waals surface area contributed by atoms with Crippen LogP contribution in [0.25, 0.3) is 0 Å². The number of ether oxygens (including phenoxy) is 2. The zero-order chi connectivity index (χ0) is 21.1. The summed E-state index contributed by atoms with van der Waals surface area (Å²) in [5, 5.41) is 0. The Labute approximate surface area is 166 Å². The highest BCUT2D eigenvalue weighted by Gasteiger charge is 2.34. The molecule has 1 saturated heterocycles. The van der Waals surface area contributed by atoms with Crippen molar-refractivity contribution in [3.05, 3.63) is 29.3 Å². The lowest BCUT2D eigenvalue weighted by atomic mass is 9.98. The van der Waals surface area contributed by atoms with Crippen molar-refractivity contribution >= 4 is 21.7 Å². The smallest absolute Gasteiger partial charge is 0.344 e. The lowest BCUT2D eigenvalue weighted by molar-refractivity contribution is -0.160. The van der Waals surface area contributed by atoms with E-state index >= 15 is 0 Å². The minimum absolute atomic E-state index is 0.0509. The van der Waals surface area contributed by atoms with Gasteiger partial charge in [0.1, 0.15) is 5.75 Å². The van der Waals surface area contributed by atoms with Gasteiger partial charge in [-0.25, -0.2) is 13.2 Å². The molecule has 8 heteroatoms. The molecule has 7 nitrogen and oxygen atoms in total. The third-order valence-electron chi connectivity index (χ3n) is 4.98. The predicted octanol–water partition coefficient (Wildman–Crippen LogP) is 2.07. The fourth-order valence-corrected chi connectivity index (χ4v) is 5.13. The summed E-state index contributed by atoms with van der Waals surface area (Å²) in [6.45, 7) is 7.37. The van der Waals surface area contributed by atoms with E-state index in [1.165, 1.54) is 24.4 Å². The third-order valence-corrected chi connectivity index (χ3v) is 6.73. The number of aryl methyl sites for hydroxylation is 1. The highest BCUT2D eigenvalue weighted by atomic mass is 32.2. The van der Waals surface area contributed by atoms with Crippen LogP contribution in [0.4, 0.5) is 0 Å². The Morgan fingerprint density at radius 1 is 1.25 bits per heavy atom. The van der Waals surface area contributed by atoms with Crippen LogP contribution in [-0.4, -0.2) is 62.5 Å². The molecule has 2 atom stereocenters. The summed E-state index contributed by atoms with van der Waals surface area (Å²) < 4.78 is 33.8. The predicted molar refractivity (Wildman–Crippen MR) is 106 cm³/mol. The summed E-state index contributed by atoms with van der Waals surface area (Å²) >= 11 is 0. The van der Waals surface area contributed by atoms with Crippen LogP contribution in [0.5, 0.6) is 5.75 Å². The second-order valence-electron chi connectivity index (χ2n) is 7.60. The summed E-state index contributed by atoms with van der Waals surface area (Å²) in [6, 6.07) is 5.26. The Hall–Kier alpha value is -2.09. The van der Waals surface area contributed by atoms with Gasteiger partial charge in [0.2, 0.25) is 0 Å². The van der Waals surface area contributed by atoms with Crippen molar-refractivity contribution < 1.29 is 27.5 Å². The Morgan fingerprint density at radius 3 is 2.46 bits per heavy atom. The van der Waals surface area contributed by atoms with Crippen molar-refractivity contribution in [2.75, 3.05) is 25.2 Å². The summed E-state index contributed by atoms with van der Waals surface area (Å²) in [4.78, 5) is 25.8. The maximum atomic E-state index is 12.4. The molecule has 2 unspecified atom stereocenters. The lowest BCUT2D eigenvalue weighted by Gasteiger charge is -2.26. The fraction of sp³-hybridized carbons (Fsp3) is 0.600. The van der Waals surface area contributed by atoms with Crippen molar-refractivity contribution in [3.63, 3.8) is 0 Å². The number of nitrogens with zero attached hydrogens (tertiary/aromatic N) is 1. The van der Waals surface area contributed by atoms with Crippen molar-refractivity contribution in [1.29, 1.82) is 0 Å². The highest BCUT2D eigenvalue weighted by molar-refractivity contribution is 7.91. The lowest BCUT2D eigenvalue weighted by Crippen LogP contribution is -2.44.